The maximum Gasteiger partial charge on any atom is 0.324 e. The normalized spacial score (nSPS) is 12.6. The smallest absolute Gasteiger partial charge is 0.321 e. The van der Waals surface area contributed by atoms with Gasteiger partial charge in [0.15, 0.2) is 0 Å². The fourth-order valence-electron chi connectivity index (χ4n) is 2.14. The molecule has 0 atom stereocenters. The number of aromatic nitrogens is 2. The number of fused-ring (bicyclic) bond motifs is 1. The second-order valence-electron chi connectivity index (χ2n) is 4.56. The summed E-state index contributed by atoms with van der Waals surface area (Å²) in [6.07, 6.45) is -3.47. The Morgan fingerprint density at radius 2 is 2.05 bits per heavy atom. The molecule has 2 nitrogen and oxygen atoms in total. The summed E-state index contributed by atoms with van der Waals surface area (Å²) >= 11 is 5.62. The van der Waals surface area contributed by atoms with E-state index in [0.29, 0.717) is 22.4 Å². The van der Waals surface area contributed by atoms with Gasteiger partial charge in [0.2, 0.25) is 0 Å². The van der Waals surface area contributed by atoms with Crippen molar-refractivity contribution >= 4 is 22.6 Å². The molecule has 0 aliphatic rings. The standard InChI is InChI=1S/C13H13ClF4N2/c1-8-3-2-4-9-11(8)20(10(19-9)5-6-14)7-13(17,18)12(15)16/h2-4,12H,5-7H2,1H3. The van der Waals surface area contributed by atoms with Gasteiger partial charge in [-0.05, 0) is 18.6 Å². The first-order valence-electron chi connectivity index (χ1n) is 6.03. The predicted octanol–water partition coefficient (Wildman–Crippen LogP) is 4.03. The third-order valence-corrected chi connectivity index (χ3v) is 3.24. The third-order valence-electron chi connectivity index (χ3n) is 3.05. The van der Waals surface area contributed by atoms with Gasteiger partial charge in [0, 0.05) is 12.3 Å². The van der Waals surface area contributed by atoms with Crippen LogP contribution in [0, 0.1) is 6.92 Å². The monoisotopic (exact) mass is 308 g/mol. The molecule has 0 unspecified atom stereocenters. The average Bonchev–Trinajstić information content (AvgIpc) is 2.68. The van der Waals surface area contributed by atoms with Crippen LogP contribution in [0.5, 0.6) is 0 Å². The number of imidazole rings is 1. The minimum absolute atomic E-state index is 0.183. The van der Waals surface area contributed by atoms with Crippen molar-refractivity contribution < 1.29 is 17.6 Å². The Morgan fingerprint density at radius 1 is 1.35 bits per heavy atom. The summed E-state index contributed by atoms with van der Waals surface area (Å²) in [5.74, 6) is -3.62. The zero-order chi connectivity index (χ0) is 14.9. The Labute approximate surface area is 118 Å². The maximum absolute atomic E-state index is 13.4. The van der Waals surface area contributed by atoms with E-state index < -0.39 is 18.9 Å². The van der Waals surface area contributed by atoms with Gasteiger partial charge in [-0.1, -0.05) is 12.1 Å². The lowest BCUT2D eigenvalue weighted by atomic mass is 10.2. The van der Waals surface area contributed by atoms with Crippen molar-refractivity contribution in [2.24, 2.45) is 0 Å². The van der Waals surface area contributed by atoms with Gasteiger partial charge >= 0.3 is 12.3 Å². The zero-order valence-corrected chi connectivity index (χ0v) is 11.5. The van der Waals surface area contributed by atoms with E-state index in [-0.39, 0.29) is 12.3 Å². The van der Waals surface area contributed by atoms with Crippen LogP contribution in [0.15, 0.2) is 18.2 Å². The minimum atomic E-state index is -4.10. The van der Waals surface area contributed by atoms with Gasteiger partial charge in [0.1, 0.15) is 5.82 Å². The van der Waals surface area contributed by atoms with E-state index in [0.717, 1.165) is 4.57 Å². The SMILES string of the molecule is Cc1cccc2nc(CCCl)n(CC(F)(F)C(F)F)c12. The fourth-order valence-corrected chi connectivity index (χ4v) is 2.31. The number of benzene rings is 1. The maximum atomic E-state index is 13.4. The second-order valence-corrected chi connectivity index (χ2v) is 4.94. The van der Waals surface area contributed by atoms with E-state index in [9.17, 15) is 17.6 Å². The summed E-state index contributed by atoms with van der Waals surface area (Å²) in [7, 11) is 0. The molecule has 0 aliphatic carbocycles. The molecule has 1 aromatic carbocycles. The number of aryl methyl sites for hydroxylation is 2. The van der Waals surface area contributed by atoms with Gasteiger partial charge in [-0.25, -0.2) is 13.8 Å². The Balaban J connectivity index is 2.56. The van der Waals surface area contributed by atoms with Crippen LogP contribution < -0.4 is 0 Å². The molecule has 0 amide bonds. The van der Waals surface area contributed by atoms with Gasteiger partial charge in [-0.2, -0.15) is 8.78 Å². The lowest BCUT2D eigenvalue weighted by Gasteiger charge is -2.18. The van der Waals surface area contributed by atoms with E-state index in [1.54, 1.807) is 25.1 Å². The van der Waals surface area contributed by atoms with Crippen LogP contribution in [0.2, 0.25) is 0 Å². The average molecular weight is 309 g/mol. The summed E-state index contributed by atoms with van der Waals surface area (Å²) in [4.78, 5) is 4.21. The Morgan fingerprint density at radius 3 is 2.65 bits per heavy atom. The number of para-hydroxylation sites is 1. The molecular formula is C13H13ClF4N2. The van der Waals surface area contributed by atoms with Crippen LogP contribution in [0.3, 0.4) is 0 Å². The van der Waals surface area contributed by atoms with Crippen molar-refractivity contribution in [3.63, 3.8) is 0 Å². The van der Waals surface area contributed by atoms with Crippen LogP contribution in [0.4, 0.5) is 17.6 Å². The molecule has 0 spiro atoms. The third kappa shape index (κ3) is 2.75. The van der Waals surface area contributed by atoms with Crippen molar-refractivity contribution in [1.82, 2.24) is 9.55 Å². The lowest BCUT2D eigenvalue weighted by Crippen LogP contribution is -2.32. The predicted molar refractivity (Wildman–Crippen MR) is 69.8 cm³/mol. The fraction of sp³-hybridized carbons (Fsp3) is 0.462. The molecule has 0 N–H and O–H groups in total. The summed E-state index contributed by atoms with van der Waals surface area (Å²) in [5.41, 5.74) is 1.67. The molecule has 0 fully saturated rings. The van der Waals surface area contributed by atoms with Crippen molar-refractivity contribution in [1.29, 1.82) is 0 Å². The molecule has 20 heavy (non-hydrogen) atoms. The summed E-state index contributed by atoms with van der Waals surface area (Å²) in [6.45, 7) is 0.629. The van der Waals surface area contributed by atoms with Crippen molar-refractivity contribution in [3.05, 3.63) is 29.6 Å². The summed E-state index contributed by atoms with van der Waals surface area (Å²) in [5, 5.41) is 0. The highest BCUT2D eigenvalue weighted by Crippen LogP contribution is 2.29. The van der Waals surface area contributed by atoms with E-state index in [1.807, 2.05) is 0 Å². The molecule has 0 saturated carbocycles. The lowest BCUT2D eigenvalue weighted by molar-refractivity contribution is -0.137. The first-order chi connectivity index (χ1) is 9.36. The number of hydrogen-bond acceptors (Lipinski definition) is 1. The highest BCUT2D eigenvalue weighted by molar-refractivity contribution is 6.17. The molecule has 110 valence electrons. The van der Waals surface area contributed by atoms with Crippen LogP contribution >= 0.6 is 11.6 Å². The molecule has 2 aromatic rings. The van der Waals surface area contributed by atoms with Crippen molar-refractivity contribution in [2.75, 3.05) is 5.88 Å². The summed E-state index contributed by atoms with van der Waals surface area (Å²) < 4.78 is 52.7. The first kappa shape index (κ1) is 15.1. The highest BCUT2D eigenvalue weighted by Gasteiger charge is 2.42. The van der Waals surface area contributed by atoms with E-state index in [4.69, 9.17) is 11.6 Å². The quantitative estimate of drug-likeness (QED) is 0.602. The van der Waals surface area contributed by atoms with Crippen LogP contribution in [0.1, 0.15) is 11.4 Å². The van der Waals surface area contributed by atoms with Gasteiger partial charge in [0.05, 0.1) is 17.6 Å². The zero-order valence-electron chi connectivity index (χ0n) is 10.7. The van der Waals surface area contributed by atoms with E-state index in [2.05, 4.69) is 4.98 Å². The minimum Gasteiger partial charge on any atom is -0.321 e. The largest absolute Gasteiger partial charge is 0.324 e. The molecule has 2 rings (SSSR count). The van der Waals surface area contributed by atoms with Crippen LogP contribution in [-0.4, -0.2) is 27.8 Å². The number of nitrogens with zero attached hydrogens (tertiary/aromatic N) is 2. The Kier molecular flexibility index (Phi) is 4.22. The molecule has 0 bridgehead atoms. The number of hydrogen-bond donors (Lipinski definition) is 0. The molecule has 1 aromatic heterocycles. The Hall–Kier alpha value is -1.30. The first-order valence-corrected chi connectivity index (χ1v) is 6.57. The van der Waals surface area contributed by atoms with Gasteiger partial charge in [-0.3, -0.25) is 0 Å². The molecule has 1 heterocycles. The van der Waals surface area contributed by atoms with Crippen molar-refractivity contribution in [3.8, 4) is 0 Å². The van der Waals surface area contributed by atoms with Crippen LogP contribution in [-0.2, 0) is 13.0 Å². The van der Waals surface area contributed by atoms with Gasteiger partial charge < -0.3 is 4.57 Å². The van der Waals surface area contributed by atoms with Gasteiger partial charge in [-0.15, -0.1) is 11.6 Å². The number of alkyl halides is 5. The topological polar surface area (TPSA) is 17.8 Å². The van der Waals surface area contributed by atoms with E-state index >= 15 is 0 Å². The molecule has 0 aliphatic heterocycles. The van der Waals surface area contributed by atoms with Gasteiger partial charge in [0.25, 0.3) is 0 Å². The van der Waals surface area contributed by atoms with Crippen molar-refractivity contribution in [2.45, 2.75) is 32.2 Å². The molecule has 0 radical (unpaired) electrons. The number of rotatable bonds is 5. The Bertz CT molecular complexity index is 610. The molecule has 0 saturated heterocycles. The second kappa shape index (κ2) is 5.60. The van der Waals surface area contributed by atoms with Crippen LogP contribution in [0.25, 0.3) is 11.0 Å². The van der Waals surface area contributed by atoms with E-state index in [1.165, 1.54) is 0 Å². The molecule has 7 heteroatoms. The highest BCUT2D eigenvalue weighted by atomic mass is 35.5. The molecular weight excluding hydrogens is 296 g/mol. The number of halogens is 5. The summed E-state index contributed by atoms with van der Waals surface area (Å²) in [6, 6.07) is 5.13.